The fourth-order valence-electron chi connectivity index (χ4n) is 4.63. The van der Waals surface area contributed by atoms with Gasteiger partial charge in [0.2, 0.25) is 0 Å². The molecule has 1 aliphatic rings. The van der Waals surface area contributed by atoms with Crippen LogP contribution in [0, 0.1) is 0 Å². The Morgan fingerprint density at radius 3 is 1.83 bits per heavy atom. The van der Waals surface area contributed by atoms with Gasteiger partial charge in [-0.25, -0.2) is 4.39 Å². The average Bonchev–Trinajstić information content (AvgIpc) is 2.80. The first-order chi connectivity index (χ1) is 14.1. The summed E-state index contributed by atoms with van der Waals surface area (Å²) in [7, 11) is -3.72. The third kappa shape index (κ3) is 3.58. The maximum atomic E-state index is 16.5. The molecule has 3 atom stereocenters. The van der Waals surface area contributed by atoms with Gasteiger partial charge in [0.25, 0.3) is 0 Å². The highest BCUT2D eigenvalue weighted by molar-refractivity contribution is 7.79. The fraction of sp³-hybridized carbons (Fsp3) is 0.280. The molecule has 0 bridgehead atoms. The molecule has 3 aromatic rings. The van der Waals surface area contributed by atoms with Crippen molar-refractivity contribution >= 4 is 17.8 Å². The zero-order valence-corrected chi connectivity index (χ0v) is 17.2. The summed E-state index contributed by atoms with van der Waals surface area (Å²) in [5.41, 5.74) is -0.772. The Hall–Kier alpha value is -2.22. The van der Waals surface area contributed by atoms with Gasteiger partial charge in [-0.1, -0.05) is 104 Å². The van der Waals surface area contributed by atoms with Crippen molar-refractivity contribution in [2.45, 2.75) is 43.1 Å². The van der Waals surface area contributed by atoms with Crippen LogP contribution in [0.2, 0.25) is 0 Å². The van der Waals surface area contributed by atoms with E-state index in [2.05, 4.69) is 0 Å². The minimum atomic E-state index is -3.72. The monoisotopic (exact) mass is 408 g/mol. The first-order valence-corrected chi connectivity index (χ1v) is 12.0. The number of aliphatic hydroxyl groups is 1. The zero-order valence-electron chi connectivity index (χ0n) is 16.3. The number of hydrogen-bond acceptors (Lipinski definition) is 2. The third-order valence-electron chi connectivity index (χ3n) is 6.14. The highest BCUT2D eigenvalue weighted by Gasteiger charge is 2.55. The number of benzene rings is 3. The first-order valence-electron chi connectivity index (χ1n) is 10.2. The second-order valence-corrected chi connectivity index (χ2v) is 10.7. The molecular formula is C25H26FO2P. The van der Waals surface area contributed by atoms with E-state index in [4.69, 9.17) is 0 Å². The smallest absolute Gasteiger partial charge is 0.189 e. The summed E-state index contributed by atoms with van der Waals surface area (Å²) in [5, 5.41) is 12.7. The van der Waals surface area contributed by atoms with E-state index in [0.717, 1.165) is 18.4 Å². The summed E-state index contributed by atoms with van der Waals surface area (Å²) in [4.78, 5) is 0. The standard InChI is InChI=1S/C25H26FO2P/c26-24(25(27)19-11-10-18-23(25)20-12-4-1-5-13-20)29(28,21-14-6-2-7-15-21)22-16-8-3-9-17-22/h1-9,12-17,23-24,27H,10-11,18-19H2/t23-,24-,25-/m1/s1. The van der Waals surface area contributed by atoms with Crippen molar-refractivity contribution in [1.82, 2.24) is 0 Å². The van der Waals surface area contributed by atoms with Gasteiger partial charge in [0.1, 0.15) is 5.60 Å². The highest BCUT2D eigenvalue weighted by atomic mass is 31.2. The molecule has 0 radical (unpaired) electrons. The minimum absolute atomic E-state index is 0.303. The predicted molar refractivity (Wildman–Crippen MR) is 117 cm³/mol. The number of halogens is 1. The quantitative estimate of drug-likeness (QED) is 0.575. The molecule has 0 heterocycles. The Bertz CT molecular complexity index is 934. The molecule has 1 aliphatic carbocycles. The largest absolute Gasteiger partial charge is 0.386 e. The first kappa shape index (κ1) is 20.1. The van der Waals surface area contributed by atoms with Crippen LogP contribution in [0.3, 0.4) is 0 Å². The summed E-state index contributed by atoms with van der Waals surface area (Å²) < 4.78 is 31.0. The molecule has 2 nitrogen and oxygen atoms in total. The highest BCUT2D eigenvalue weighted by Crippen LogP contribution is 2.59. The minimum Gasteiger partial charge on any atom is -0.386 e. The summed E-state index contributed by atoms with van der Waals surface area (Å²) in [6.07, 6.45) is 2.64. The SMILES string of the molecule is O=P(c1ccccc1)(c1ccccc1)[C@@H](F)[C@@]1(O)CCCC[C@@H]1c1ccccc1. The van der Waals surface area contributed by atoms with E-state index >= 15 is 4.39 Å². The van der Waals surface area contributed by atoms with Crippen LogP contribution >= 0.6 is 7.14 Å². The van der Waals surface area contributed by atoms with Crippen molar-refractivity contribution in [3.63, 3.8) is 0 Å². The van der Waals surface area contributed by atoms with Crippen molar-refractivity contribution in [3.8, 4) is 0 Å². The van der Waals surface area contributed by atoms with E-state index in [0.29, 0.717) is 23.5 Å². The molecular weight excluding hydrogens is 382 g/mol. The van der Waals surface area contributed by atoms with E-state index in [1.165, 1.54) is 0 Å². The van der Waals surface area contributed by atoms with Crippen molar-refractivity contribution in [1.29, 1.82) is 0 Å². The molecule has 1 fully saturated rings. The van der Waals surface area contributed by atoms with Gasteiger partial charge in [-0.3, -0.25) is 0 Å². The molecule has 29 heavy (non-hydrogen) atoms. The summed E-state index contributed by atoms with van der Waals surface area (Å²) >= 11 is 0. The van der Waals surface area contributed by atoms with Crippen LogP contribution in [0.5, 0.6) is 0 Å². The van der Waals surface area contributed by atoms with Gasteiger partial charge in [0.05, 0.1) is 0 Å². The topological polar surface area (TPSA) is 37.3 Å². The van der Waals surface area contributed by atoms with Crippen LogP contribution in [-0.4, -0.2) is 16.6 Å². The maximum Gasteiger partial charge on any atom is 0.189 e. The molecule has 4 rings (SSSR count). The maximum absolute atomic E-state index is 16.5. The summed E-state index contributed by atoms with van der Waals surface area (Å²) in [6, 6.07) is 27.2. The van der Waals surface area contributed by atoms with Crippen molar-refractivity contribution in [3.05, 3.63) is 96.6 Å². The average molecular weight is 408 g/mol. The van der Waals surface area contributed by atoms with Gasteiger partial charge in [-0.15, -0.1) is 0 Å². The van der Waals surface area contributed by atoms with Crippen molar-refractivity contribution in [2.75, 3.05) is 0 Å². The Morgan fingerprint density at radius 1 is 0.828 bits per heavy atom. The van der Waals surface area contributed by atoms with Gasteiger partial charge in [0, 0.05) is 16.5 Å². The van der Waals surface area contributed by atoms with Crippen LogP contribution in [0.1, 0.15) is 37.2 Å². The van der Waals surface area contributed by atoms with E-state index in [-0.39, 0.29) is 5.92 Å². The van der Waals surface area contributed by atoms with Gasteiger partial charge in [-0.2, -0.15) is 0 Å². The molecule has 150 valence electrons. The van der Waals surface area contributed by atoms with Gasteiger partial charge >= 0.3 is 0 Å². The van der Waals surface area contributed by atoms with E-state index < -0.39 is 18.7 Å². The predicted octanol–water partition coefficient (Wildman–Crippen LogP) is 5.39. The lowest BCUT2D eigenvalue weighted by Crippen LogP contribution is -2.49. The van der Waals surface area contributed by atoms with Crippen LogP contribution in [0.25, 0.3) is 0 Å². The summed E-state index contributed by atoms with van der Waals surface area (Å²) in [5.74, 6) is -2.27. The number of hydrogen-bond donors (Lipinski definition) is 1. The third-order valence-corrected chi connectivity index (χ3v) is 9.35. The lowest BCUT2D eigenvalue weighted by molar-refractivity contribution is -0.0519. The Kier molecular flexibility index (Phi) is 5.72. The Balaban J connectivity index is 1.85. The lowest BCUT2D eigenvalue weighted by Gasteiger charge is -2.44. The Labute approximate surface area is 171 Å². The zero-order chi connectivity index (χ0) is 20.3. The molecule has 3 aromatic carbocycles. The Morgan fingerprint density at radius 2 is 1.31 bits per heavy atom. The fourth-order valence-corrected chi connectivity index (χ4v) is 7.62. The second kappa shape index (κ2) is 8.26. The van der Waals surface area contributed by atoms with Crippen LogP contribution < -0.4 is 10.6 Å². The molecule has 1 N–H and O–H groups in total. The molecule has 1 saturated carbocycles. The van der Waals surface area contributed by atoms with Crippen molar-refractivity contribution in [2.24, 2.45) is 0 Å². The van der Waals surface area contributed by atoms with E-state index in [1.54, 1.807) is 48.5 Å². The van der Waals surface area contributed by atoms with Gasteiger partial charge < -0.3 is 9.67 Å². The molecule has 0 aromatic heterocycles. The van der Waals surface area contributed by atoms with Crippen LogP contribution in [0.4, 0.5) is 4.39 Å². The van der Waals surface area contributed by atoms with Crippen LogP contribution in [0.15, 0.2) is 91.0 Å². The molecule has 0 unspecified atom stereocenters. The molecule has 0 amide bonds. The normalized spacial score (nSPS) is 23.4. The number of alkyl halides is 1. The molecule has 4 heteroatoms. The summed E-state index contributed by atoms with van der Waals surface area (Å²) in [6.45, 7) is 0. The van der Waals surface area contributed by atoms with Crippen LogP contribution in [-0.2, 0) is 4.57 Å². The molecule has 0 saturated heterocycles. The van der Waals surface area contributed by atoms with Gasteiger partial charge in [-0.05, 0) is 18.4 Å². The number of rotatable bonds is 5. The van der Waals surface area contributed by atoms with E-state index in [9.17, 15) is 9.67 Å². The molecule has 0 aliphatic heterocycles. The van der Waals surface area contributed by atoms with Gasteiger partial charge in [0.15, 0.2) is 13.1 Å². The van der Waals surface area contributed by atoms with E-state index in [1.807, 2.05) is 42.5 Å². The van der Waals surface area contributed by atoms with Crippen molar-refractivity contribution < 1.29 is 14.1 Å². The molecule has 0 spiro atoms. The second-order valence-electron chi connectivity index (χ2n) is 7.87. The lowest BCUT2D eigenvalue weighted by atomic mass is 9.72.